The van der Waals surface area contributed by atoms with Crippen molar-refractivity contribution in [2.45, 2.75) is 12.3 Å². The standard InChI is InChI=1S/C20H17BrO4/c1-4-15-14(12-21)10-11-19(16(15)5-2)25-20(23)17-8-6-7-9-18(17)24-13(3)22/h4-11H,1-2,12H2,3H3. The van der Waals surface area contributed by atoms with Gasteiger partial charge in [0.15, 0.2) is 0 Å². The molecule has 0 heterocycles. The molecular formula is C20H17BrO4. The van der Waals surface area contributed by atoms with Gasteiger partial charge in [-0.3, -0.25) is 4.79 Å². The van der Waals surface area contributed by atoms with E-state index in [0.29, 0.717) is 16.6 Å². The molecule has 0 radical (unpaired) electrons. The fourth-order valence-electron chi connectivity index (χ4n) is 2.35. The van der Waals surface area contributed by atoms with Crippen molar-refractivity contribution < 1.29 is 19.1 Å². The molecule has 0 unspecified atom stereocenters. The van der Waals surface area contributed by atoms with Gasteiger partial charge in [0, 0.05) is 17.8 Å². The fraction of sp³-hybridized carbons (Fsp3) is 0.100. The molecule has 25 heavy (non-hydrogen) atoms. The molecule has 4 nitrogen and oxygen atoms in total. The first kappa shape index (κ1) is 18.7. The Balaban J connectivity index is 2.41. The summed E-state index contributed by atoms with van der Waals surface area (Å²) in [6, 6.07) is 9.96. The first-order valence-electron chi connectivity index (χ1n) is 7.48. The minimum absolute atomic E-state index is 0.154. The average Bonchev–Trinajstić information content (AvgIpc) is 2.60. The lowest BCUT2D eigenvalue weighted by molar-refractivity contribution is -0.131. The molecule has 0 fully saturated rings. The zero-order chi connectivity index (χ0) is 18.4. The molecule has 2 aromatic rings. The summed E-state index contributed by atoms with van der Waals surface area (Å²) < 4.78 is 10.6. The van der Waals surface area contributed by atoms with Gasteiger partial charge < -0.3 is 9.47 Å². The molecule has 0 saturated carbocycles. The number of benzene rings is 2. The van der Waals surface area contributed by atoms with Crippen molar-refractivity contribution in [3.05, 3.63) is 71.8 Å². The molecule has 0 aliphatic carbocycles. The Labute approximate surface area is 154 Å². The number of hydrogen-bond acceptors (Lipinski definition) is 4. The van der Waals surface area contributed by atoms with Crippen molar-refractivity contribution in [1.82, 2.24) is 0 Å². The first-order valence-corrected chi connectivity index (χ1v) is 8.60. The molecule has 0 aromatic heterocycles. The van der Waals surface area contributed by atoms with Gasteiger partial charge in [0.2, 0.25) is 0 Å². The van der Waals surface area contributed by atoms with E-state index in [2.05, 4.69) is 29.1 Å². The van der Waals surface area contributed by atoms with Crippen LogP contribution in [-0.4, -0.2) is 11.9 Å². The molecule has 0 amide bonds. The van der Waals surface area contributed by atoms with E-state index in [1.807, 2.05) is 6.07 Å². The maximum Gasteiger partial charge on any atom is 0.347 e. The number of carbonyl (C=O) groups is 2. The number of hydrogen-bond donors (Lipinski definition) is 0. The van der Waals surface area contributed by atoms with E-state index in [1.54, 1.807) is 30.4 Å². The highest BCUT2D eigenvalue weighted by Crippen LogP contribution is 2.30. The zero-order valence-electron chi connectivity index (χ0n) is 13.8. The predicted octanol–water partition coefficient (Wildman–Crippen LogP) is 5.01. The van der Waals surface area contributed by atoms with Crippen LogP contribution in [0.15, 0.2) is 49.6 Å². The largest absolute Gasteiger partial charge is 0.426 e. The van der Waals surface area contributed by atoms with Crippen LogP contribution in [0.25, 0.3) is 12.2 Å². The summed E-state index contributed by atoms with van der Waals surface area (Å²) in [5.41, 5.74) is 2.68. The summed E-state index contributed by atoms with van der Waals surface area (Å²) in [5.74, 6) is -0.623. The lowest BCUT2D eigenvalue weighted by Gasteiger charge is -2.14. The summed E-state index contributed by atoms with van der Waals surface area (Å²) in [5, 5.41) is 0.638. The van der Waals surface area contributed by atoms with Gasteiger partial charge >= 0.3 is 11.9 Å². The van der Waals surface area contributed by atoms with E-state index in [9.17, 15) is 9.59 Å². The number of rotatable bonds is 6. The summed E-state index contributed by atoms with van der Waals surface area (Å²) in [7, 11) is 0. The SMILES string of the molecule is C=Cc1c(CBr)ccc(OC(=O)c2ccccc2OC(C)=O)c1C=C. The molecular weight excluding hydrogens is 384 g/mol. The maximum atomic E-state index is 12.6. The molecule has 0 aliphatic heterocycles. The third-order valence-corrected chi connectivity index (χ3v) is 4.06. The van der Waals surface area contributed by atoms with E-state index in [1.165, 1.54) is 19.1 Å². The van der Waals surface area contributed by atoms with E-state index in [-0.39, 0.29) is 11.3 Å². The Morgan fingerprint density at radius 2 is 1.68 bits per heavy atom. The minimum atomic E-state index is -0.624. The third kappa shape index (κ3) is 4.25. The Hall–Kier alpha value is -2.66. The number of carbonyl (C=O) groups excluding carboxylic acids is 2. The molecule has 128 valence electrons. The van der Waals surface area contributed by atoms with Gasteiger partial charge in [-0.25, -0.2) is 4.79 Å². The van der Waals surface area contributed by atoms with Crippen LogP contribution >= 0.6 is 15.9 Å². The van der Waals surface area contributed by atoms with Crippen LogP contribution in [0, 0.1) is 0 Å². The smallest absolute Gasteiger partial charge is 0.347 e. The molecule has 0 N–H and O–H groups in total. The van der Waals surface area contributed by atoms with Gasteiger partial charge in [-0.15, -0.1) is 0 Å². The van der Waals surface area contributed by atoms with Crippen molar-refractivity contribution in [1.29, 1.82) is 0 Å². The van der Waals surface area contributed by atoms with Crippen LogP contribution in [0.4, 0.5) is 0 Å². The molecule has 0 saturated heterocycles. The van der Waals surface area contributed by atoms with Crippen LogP contribution in [0.2, 0.25) is 0 Å². The number of para-hydroxylation sites is 1. The van der Waals surface area contributed by atoms with Crippen molar-refractivity contribution >= 4 is 40.0 Å². The van der Waals surface area contributed by atoms with Gasteiger partial charge in [0.05, 0.1) is 0 Å². The Morgan fingerprint density at radius 3 is 2.28 bits per heavy atom. The molecule has 5 heteroatoms. The predicted molar refractivity (Wildman–Crippen MR) is 102 cm³/mol. The number of esters is 2. The second kappa shape index (κ2) is 8.44. The number of halogens is 1. The van der Waals surface area contributed by atoms with Gasteiger partial charge in [-0.1, -0.05) is 59.4 Å². The molecule has 2 rings (SSSR count). The zero-order valence-corrected chi connectivity index (χ0v) is 15.3. The van der Waals surface area contributed by atoms with Crippen molar-refractivity contribution in [2.24, 2.45) is 0 Å². The molecule has 0 atom stereocenters. The van der Waals surface area contributed by atoms with E-state index < -0.39 is 11.9 Å². The Kier molecular flexibility index (Phi) is 6.31. The Morgan fingerprint density at radius 1 is 1.00 bits per heavy atom. The van der Waals surface area contributed by atoms with E-state index in [4.69, 9.17) is 9.47 Å². The van der Waals surface area contributed by atoms with Crippen LogP contribution in [0.3, 0.4) is 0 Å². The molecule has 0 spiro atoms. The van der Waals surface area contributed by atoms with Gasteiger partial charge in [-0.05, 0) is 29.3 Å². The molecule has 0 bridgehead atoms. The highest BCUT2D eigenvalue weighted by atomic mass is 79.9. The van der Waals surface area contributed by atoms with Crippen molar-refractivity contribution in [3.8, 4) is 11.5 Å². The van der Waals surface area contributed by atoms with Gasteiger partial charge in [0.1, 0.15) is 17.1 Å². The third-order valence-electron chi connectivity index (χ3n) is 3.45. The summed E-state index contributed by atoms with van der Waals surface area (Å²) in [6.45, 7) is 8.87. The summed E-state index contributed by atoms with van der Waals surface area (Å²) in [6.07, 6.45) is 3.31. The highest BCUT2D eigenvalue weighted by molar-refractivity contribution is 9.08. The highest BCUT2D eigenvalue weighted by Gasteiger charge is 2.18. The van der Waals surface area contributed by atoms with Crippen LogP contribution in [0.1, 0.15) is 34.0 Å². The van der Waals surface area contributed by atoms with Crippen LogP contribution in [-0.2, 0) is 10.1 Å². The normalized spacial score (nSPS) is 10.0. The second-order valence-electron chi connectivity index (χ2n) is 5.07. The first-order chi connectivity index (χ1) is 12.0. The monoisotopic (exact) mass is 400 g/mol. The maximum absolute atomic E-state index is 12.6. The lowest BCUT2D eigenvalue weighted by Crippen LogP contribution is -2.13. The quantitative estimate of drug-likeness (QED) is 0.388. The minimum Gasteiger partial charge on any atom is -0.426 e. The second-order valence-corrected chi connectivity index (χ2v) is 5.63. The van der Waals surface area contributed by atoms with E-state index in [0.717, 1.165) is 11.1 Å². The summed E-state index contributed by atoms with van der Waals surface area (Å²) >= 11 is 3.42. The molecule has 0 aliphatic rings. The van der Waals surface area contributed by atoms with Crippen molar-refractivity contribution in [2.75, 3.05) is 0 Å². The van der Waals surface area contributed by atoms with Crippen LogP contribution < -0.4 is 9.47 Å². The van der Waals surface area contributed by atoms with Gasteiger partial charge in [0.25, 0.3) is 0 Å². The number of alkyl halides is 1. The lowest BCUT2D eigenvalue weighted by atomic mass is 10.0. The van der Waals surface area contributed by atoms with Gasteiger partial charge in [-0.2, -0.15) is 0 Å². The van der Waals surface area contributed by atoms with Crippen LogP contribution in [0.5, 0.6) is 11.5 Å². The topological polar surface area (TPSA) is 52.6 Å². The number of ether oxygens (including phenoxy) is 2. The summed E-state index contributed by atoms with van der Waals surface area (Å²) in [4.78, 5) is 23.8. The molecule has 2 aromatic carbocycles. The fourth-order valence-corrected chi connectivity index (χ4v) is 2.84. The average molecular weight is 401 g/mol. The van der Waals surface area contributed by atoms with E-state index >= 15 is 0 Å². The Bertz CT molecular complexity index is 840. The van der Waals surface area contributed by atoms with Crippen molar-refractivity contribution in [3.63, 3.8) is 0 Å².